The molecule has 0 radical (unpaired) electrons. The van der Waals surface area contributed by atoms with Gasteiger partial charge in [0.2, 0.25) is 11.8 Å². The van der Waals surface area contributed by atoms with Crippen molar-refractivity contribution in [2.45, 2.75) is 64.0 Å². The molecule has 0 spiro atoms. The normalized spacial score (nSPS) is 21.5. The molecule has 2 aliphatic rings. The minimum Gasteiger partial charge on any atom is -0.351 e. The van der Waals surface area contributed by atoms with Crippen molar-refractivity contribution in [3.05, 3.63) is 29.8 Å². The Labute approximate surface area is 150 Å². The second-order valence-corrected chi connectivity index (χ2v) is 7.24. The molecule has 136 valence electrons. The standard InChI is InChI=1S/C20H29N3O2/c24-19(16-8-2-1-3-9-16)23-17-10-6-7-15(13-17)14-22-20(25)18-11-4-5-12-21-18/h6-7,10,13,16,18,21H,1-5,8-9,11-12,14H2,(H,22,25)(H,23,24). The average Bonchev–Trinajstić information content (AvgIpc) is 2.68. The molecule has 1 aromatic rings. The third kappa shape index (κ3) is 5.30. The van der Waals surface area contributed by atoms with Gasteiger partial charge in [-0.2, -0.15) is 0 Å². The van der Waals surface area contributed by atoms with Gasteiger partial charge in [0.15, 0.2) is 0 Å². The van der Waals surface area contributed by atoms with Crippen LogP contribution in [0.25, 0.3) is 0 Å². The first-order valence-corrected chi connectivity index (χ1v) is 9.63. The van der Waals surface area contributed by atoms with Crippen LogP contribution in [0.15, 0.2) is 24.3 Å². The van der Waals surface area contributed by atoms with E-state index < -0.39 is 0 Å². The number of hydrogen-bond donors (Lipinski definition) is 3. The molecule has 5 heteroatoms. The summed E-state index contributed by atoms with van der Waals surface area (Å²) in [5.74, 6) is 0.345. The lowest BCUT2D eigenvalue weighted by Crippen LogP contribution is -2.46. The molecule has 1 saturated heterocycles. The van der Waals surface area contributed by atoms with Gasteiger partial charge in [0.1, 0.15) is 0 Å². The summed E-state index contributed by atoms with van der Waals surface area (Å²) in [5.41, 5.74) is 1.82. The number of benzene rings is 1. The third-order valence-electron chi connectivity index (χ3n) is 5.26. The number of amides is 2. The van der Waals surface area contributed by atoms with Gasteiger partial charge in [-0.05, 0) is 49.9 Å². The van der Waals surface area contributed by atoms with E-state index in [-0.39, 0.29) is 23.8 Å². The van der Waals surface area contributed by atoms with Crippen molar-refractivity contribution in [1.29, 1.82) is 0 Å². The molecule has 1 aliphatic heterocycles. The number of rotatable bonds is 5. The van der Waals surface area contributed by atoms with Gasteiger partial charge in [-0.25, -0.2) is 0 Å². The molecule has 1 heterocycles. The molecule has 3 rings (SSSR count). The average molecular weight is 343 g/mol. The van der Waals surface area contributed by atoms with Crippen LogP contribution in [-0.4, -0.2) is 24.4 Å². The van der Waals surface area contributed by atoms with Crippen LogP contribution in [0.3, 0.4) is 0 Å². The van der Waals surface area contributed by atoms with Crippen molar-refractivity contribution in [2.24, 2.45) is 5.92 Å². The third-order valence-corrected chi connectivity index (χ3v) is 5.26. The van der Waals surface area contributed by atoms with Crippen LogP contribution in [-0.2, 0) is 16.1 Å². The molecular weight excluding hydrogens is 314 g/mol. The molecule has 0 bridgehead atoms. The van der Waals surface area contributed by atoms with Crippen LogP contribution in [0.5, 0.6) is 0 Å². The van der Waals surface area contributed by atoms with Crippen molar-refractivity contribution in [3.63, 3.8) is 0 Å². The van der Waals surface area contributed by atoms with Crippen molar-refractivity contribution in [1.82, 2.24) is 10.6 Å². The van der Waals surface area contributed by atoms with Gasteiger partial charge in [-0.1, -0.05) is 37.8 Å². The lowest BCUT2D eigenvalue weighted by molar-refractivity contribution is -0.124. The van der Waals surface area contributed by atoms with Crippen LogP contribution in [0.2, 0.25) is 0 Å². The fourth-order valence-electron chi connectivity index (χ4n) is 3.76. The van der Waals surface area contributed by atoms with Crippen LogP contribution >= 0.6 is 0 Å². The topological polar surface area (TPSA) is 70.2 Å². The lowest BCUT2D eigenvalue weighted by atomic mass is 9.88. The highest BCUT2D eigenvalue weighted by Crippen LogP contribution is 2.25. The van der Waals surface area contributed by atoms with Gasteiger partial charge >= 0.3 is 0 Å². The van der Waals surface area contributed by atoms with Crippen LogP contribution in [0.1, 0.15) is 56.9 Å². The van der Waals surface area contributed by atoms with Crippen LogP contribution < -0.4 is 16.0 Å². The highest BCUT2D eigenvalue weighted by atomic mass is 16.2. The molecule has 25 heavy (non-hydrogen) atoms. The van der Waals surface area contributed by atoms with E-state index in [0.29, 0.717) is 6.54 Å². The second kappa shape index (κ2) is 8.99. The van der Waals surface area contributed by atoms with E-state index in [4.69, 9.17) is 0 Å². The summed E-state index contributed by atoms with van der Waals surface area (Å²) in [6.07, 6.45) is 8.70. The van der Waals surface area contributed by atoms with E-state index in [2.05, 4.69) is 16.0 Å². The molecule has 1 atom stereocenters. The van der Waals surface area contributed by atoms with Crippen LogP contribution in [0.4, 0.5) is 5.69 Å². The molecule has 2 fully saturated rings. The predicted octanol–water partition coefficient (Wildman–Crippen LogP) is 2.96. The summed E-state index contributed by atoms with van der Waals surface area (Å²) < 4.78 is 0. The maximum atomic E-state index is 12.4. The Hall–Kier alpha value is -1.88. The molecule has 0 aromatic heterocycles. The van der Waals surface area contributed by atoms with Gasteiger partial charge in [0.25, 0.3) is 0 Å². The molecule has 1 aromatic carbocycles. The Morgan fingerprint density at radius 3 is 2.56 bits per heavy atom. The minimum absolute atomic E-state index is 0.0661. The van der Waals surface area contributed by atoms with Gasteiger partial charge in [-0.15, -0.1) is 0 Å². The van der Waals surface area contributed by atoms with Crippen molar-refractivity contribution >= 4 is 17.5 Å². The Bertz CT molecular complexity index is 590. The fourth-order valence-corrected chi connectivity index (χ4v) is 3.76. The van der Waals surface area contributed by atoms with Crippen molar-refractivity contribution < 1.29 is 9.59 Å². The smallest absolute Gasteiger partial charge is 0.237 e. The first-order chi connectivity index (χ1) is 12.2. The zero-order valence-electron chi connectivity index (χ0n) is 14.9. The zero-order chi connectivity index (χ0) is 17.5. The second-order valence-electron chi connectivity index (χ2n) is 7.24. The molecular formula is C20H29N3O2. The summed E-state index contributed by atoms with van der Waals surface area (Å²) in [4.78, 5) is 24.6. The quantitative estimate of drug-likeness (QED) is 0.770. The summed E-state index contributed by atoms with van der Waals surface area (Å²) in [6, 6.07) is 7.70. The Balaban J connectivity index is 1.50. The van der Waals surface area contributed by atoms with E-state index in [1.807, 2.05) is 24.3 Å². The summed E-state index contributed by atoms with van der Waals surface area (Å²) in [6.45, 7) is 1.41. The molecule has 1 aliphatic carbocycles. The molecule has 5 nitrogen and oxygen atoms in total. The monoisotopic (exact) mass is 343 g/mol. The predicted molar refractivity (Wildman–Crippen MR) is 99.1 cm³/mol. The molecule has 2 amide bonds. The Morgan fingerprint density at radius 2 is 1.80 bits per heavy atom. The van der Waals surface area contributed by atoms with E-state index >= 15 is 0 Å². The Kier molecular flexibility index (Phi) is 6.45. The Morgan fingerprint density at radius 1 is 1.00 bits per heavy atom. The molecule has 3 N–H and O–H groups in total. The minimum atomic E-state index is -0.0667. The van der Waals surface area contributed by atoms with E-state index in [1.165, 1.54) is 6.42 Å². The number of hydrogen-bond acceptors (Lipinski definition) is 3. The number of anilines is 1. The van der Waals surface area contributed by atoms with Crippen molar-refractivity contribution in [2.75, 3.05) is 11.9 Å². The maximum Gasteiger partial charge on any atom is 0.237 e. The highest BCUT2D eigenvalue weighted by molar-refractivity contribution is 5.92. The van der Waals surface area contributed by atoms with Gasteiger partial charge in [0, 0.05) is 18.2 Å². The van der Waals surface area contributed by atoms with E-state index in [0.717, 1.165) is 62.7 Å². The first kappa shape index (κ1) is 17.9. The van der Waals surface area contributed by atoms with Crippen molar-refractivity contribution in [3.8, 4) is 0 Å². The molecule has 1 unspecified atom stereocenters. The maximum absolute atomic E-state index is 12.4. The first-order valence-electron chi connectivity index (χ1n) is 9.63. The zero-order valence-corrected chi connectivity index (χ0v) is 14.9. The van der Waals surface area contributed by atoms with Gasteiger partial charge in [0.05, 0.1) is 6.04 Å². The van der Waals surface area contributed by atoms with E-state index in [9.17, 15) is 9.59 Å². The van der Waals surface area contributed by atoms with Gasteiger partial charge in [-0.3, -0.25) is 9.59 Å². The SMILES string of the molecule is O=C(Nc1cccc(CNC(=O)C2CCCCN2)c1)C1CCCCC1. The summed E-state index contributed by atoms with van der Waals surface area (Å²) in [5, 5.41) is 9.30. The number of carbonyl (C=O) groups excluding carboxylic acids is 2. The summed E-state index contributed by atoms with van der Waals surface area (Å²) in [7, 11) is 0. The summed E-state index contributed by atoms with van der Waals surface area (Å²) >= 11 is 0. The van der Waals surface area contributed by atoms with Gasteiger partial charge < -0.3 is 16.0 Å². The number of piperidine rings is 1. The number of nitrogens with one attached hydrogen (secondary N) is 3. The fraction of sp³-hybridized carbons (Fsp3) is 0.600. The van der Waals surface area contributed by atoms with Crippen LogP contribution in [0, 0.1) is 5.92 Å². The largest absolute Gasteiger partial charge is 0.351 e. The number of carbonyl (C=O) groups is 2. The lowest BCUT2D eigenvalue weighted by Gasteiger charge is -2.22. The van der Waals surface area contributed by atoms with E-state index in [1.54, 1.807) is 0 Å². The molecule has 1 saturated carbocycles. The highest BCUT2D eigenvalue weighted by Gasteiger charge is 2.21.